The van der Waals surface area contributed by atoms with Crippen LogP contribution in [0.3, 0.4) is 0 Å². The number of amides is 1. The maximum Gasteiger partial charge on any atom is 0.338 e. The number of rotatable bonds is 5. The predicted octanol–water partition coefficient (Wildman–Crippen LogP) is 0.579. The van der Waals surface area contributed by atoms with Crippen molar-refractivity contribution in [1.82, 2.24) is 0 Å². The van der Waals surface area contributed by atoms with E-state index < -0.39 is 28.5 Å². The molecule has 0 radical (unpaired) electrons. The molecular formula is C10H11N3O5. The van der Waals surface area contributed by atoms with Crippen molar-refractivity contribution in [3.63, 3.8) is 0 Å². The fourth-order valence-corrected chi connectivity index (χ4v) is 1.31. The summed E-state index contributed by atoms with van der Waals surface area (Å²) in [5, 5.41) is 22.2. The summed E-state index contributed by atoms with van der Waals surface area (Å²) < 4.78 is 0. The molecule has 4 N–H and O–H groups in total. The maximum atomic E-state index is 11.0. The Morgan fingerprint density at radius 1 is 1.50 bits per heavy atom. The minimum absolute atomic E-state index is 0.235. The van der Waals surface area contributed by atoms with Crippen LogP contribution in [0.1, 0.15) is 17.3 Å². The second-order valence-electron chi connectivity index (χ2n) is 3.53. The lowest BCUT2D eigenvalue weighted by Gasteiger charge is -2.13. The van der Waals surface area contributed by atoms with Crippen molar-refractivity contribution < 1.29 is 19.6 Å². The molecule has 8 heteroatoms. The standard InChI is InChI=1S/C10H11N3O5/c1-5(9(11)14)12-8-6(10(15)16)3-2-4-7(8)13(17)18/h2-5,12H,1H3,(H2,11,14)(H,15,16). The van der Waals surface area contributed by atoms with E-state index in [9.17, 15) is 19.7 Å². The van der Waals surface area contributed by atoms with Crippen molar-refractivity contribution in [1.29, 1.82) is 0 Å². The molecule has 0 aliphatic rings. The number of primary amides is 1. The fraction of sp³-hybridized carbons (Fsp3) is 0.200. The lowest BCUT2D eigenvalue weighted by molar-refractivity contribution is -0.384. The van der Waals surface area contributed by atoms with Gasteiger partial charge in [-0.2, -0.15) is 0 Å². The average Bonchev–Trinajstić information content (AvgIpc) is 2.28. The molecular weight excluding hydrogens is 242 g/mol. The Bertz CT molecular complexity index is 482. The third-order valence-corrected chi connectivity index (χ3v) is 2.26. The Hall–Kier alpha value is -2.64. The van der Waals surface area contributed by atoms with Crippen LogP contribution in [0.25, 0.3) is 0 Å². The van der Waals surface area contributed by atoms with E-state index >= 15 is 0 Å². The van der Waals surface area contributed by atoms with Crippen LogP contribution in [0.15, 0.2) is 18.2 Å². The van der Waals surface area contributed by atoms with Crippen LogP contribution in [-0.4, -0.2) is 27.9 Å². The molecule has 1 amide bonds. The number of benzene rings is 1. The molecule has 0 aliphatic heterocycles. The molecule has 0 saturated heterocycles. The topological polar surface area (TPSA) is 136 Å². The molecule has 8 nitrogen and oxygen atoms in total. The number of carbonyl (C=O) groups excluding carboxylic acids is 1. The van der Waals surface area contributed by atoms with Gasteiger partial charge in [0.2, 0.25) is 5.91 Å². The summed E-state index contributed by atoms with van der Waals surface area (Å²) in [7, 11) is 0. The lowest BCUT2D eigenvalue weighted by Crippen LogP contribution is -2.33. The molecule has 1 atom stereocenters. The van der Waals surface area contributed by atoms with Crippen LogP contribution >= 0.6 is 0 Å². The summed E-state index contributed by atoms with van der Waals surface area (Å²) in [6.07, 6.45) is 0. The third kappa shape index (κ3) is 2.73. The van der Waals surface area contributed by atoms with Gasteiger partial charge in [0.1, 0.15) is 11.7 Å². The zero-order valence-corrected chi connectivity index (χ0v) is 9.41. The van der Waals surface area contributed by atoms with Crippen LogP contribution in [0.5, 0.6) is 0 Å². The normalized spacial score (nSPS) is 11.6. The molecule has 0 heterocycles. The largest absolute Gasteiger partial charge is 0.478 e. The van der Waals surface area contributed by atoms with E-state index in [1.165, 1.54) is 19.1 Å². The number of nitrogens with two attached hydrogens (primary N) is 1. The van der Waals surface area contributed by atoms with Crippen molar-refractivity contribution in [3.05, 3.63) is 33.9 Å². The Morgan fingerprint density at radius 2 is 2.11 bits per heavy atom. The highest BCUT2D eigenvalue weighted by Gasteiger charge is 2.23. The van der Waals surface area contributed by atoms with E-state index in [1.807, 2.05) is 0 Å². The Kier molecular flexibility index (Phi) is 3.82. The van der Waals surface area contributed by atoms with Crippen LogP contribution in [-0.2, 0) is 4.79 Å². The number of nitrogens with zero attached hydrogens (tertiary/aromatic N) is 1. The number of aromatic carboxylic acids is 1. The van der Waals surface area contributed by atoms with Gasteiger partial charge < -0.3 is 16.2 Å². The second kappa shape index (κ2) is 5.13. The maximum absolute atomic E-state index is 11.0. The van der Waals surface area contributed by atoms with Gasteiger partial charge in [-0.3, -0.25) is 14.9 Å². The first-order valence-corrected chi connectivity index (χ1v) is 4.91. The zero-order chi connectivity index (χ0) is 13.9. The number of nitro groups is 1. The molecule has 1 aromatic carbocycles. The molecule has 1 aromatic rings. The van der Waals surface area contributed by atoms with Gasteiger partial charge in [0, 0.05) is 6.07 Å². The number of carboxylic acids is 1. The minimum atomic E-state index is -1.34. The molecule has 0 fully saturated rings. The quantitative estimate of drug-likeness (QED) is 0.518. The number of nitro benzene ring substituents is 1. The van der Waals surface area contributed by atoms with Crippen LogP contribution in [0.4, 0.5) is 11.4 Å². The van der Waals surface area contributed by atoms with Gasteiger partial charge >= 0.3 is 5.97 Å². The molecule has 0 spiro atoms. The van der Waals surface area contributed by atoms with Crippen molar-refractivity contribution in [2.45, 2.75) is 13.0 Å². The van der Waals surface area contributed by atoms with E-state index in [4.69, 9.17) is 10.8 Å². The first-order valence-electron chi connectivity index (χ1n) is 4.91. The summed E-state index contributed by atoms with van der Waals surface area (Å²) in [4.78, 5) is 31.9. The SMILES string of the molecule is CC(Nc1c(C(=O)O)cccc1[N+](=O)[O-])C(N)=O. The number of hydrogen-bond donors (Lipinski definition) is 3. The number of hydrogen-bond acceptors (Lipinski definition) is 5. The minimum Gasteiger partial charge on any atom is -0.478 e. The van der Waals surface area contributed by atoms with Gasteiger partial charge in [-0.15, -0.1) is 0 Å². The Labute approximate surface area is 102 Å². The number of para-hydroxylation sites is 1. The summed E-state index contributed by atoms with van der Waals surface area (Å²) >= 11 is 0. The summed E-state index contributed by atoms with van der Waals surface area (Å²) in [6, 6.07) is 2.67. The number of nitrogens with one attached hydrogen (secondary N) is 1. The van der Waals surface area contributed by atoms with Gasteiger partial charge in [-0.1, -0.05) is 6.07 Å². The molecule has 0 bridgehead atoms. The monoisotopic (exact) mass is 253 g/mol. The molecule has 0 aliphatic carbocycles. The Morgan fingerprint density at radius 3 is 2.56 bits per heavy atom. The second-order valence-corrected chi connectivity index (χ2v) is 3.53. The molecule has 96 valence electrons. The summed E-state index contributed by atoms with van der Waals surface area (Å²) in [5.41, 5.74) is 4.06. The van der Waals surface area contributed by atoms with Gasteiger partial charge in [-0.05, 0) is 13.0 Å². The smallest absolute Gasteiger partial charge is 0.338 e. The fourth-order valence-electron chi connectivity index (χ4n) is 1.31. The van der Waals surface area contributed by atoms with E-state index in [0.717, 1.165) is 6.07 Å². The van der Waals surface area contributed by atoms with Gasteiger partial charge in [-0.25, -0.2) is 4.79 Å². The Balaban J connectivity index is 3.31. The van der Waals surface area contributed by atoms with Crippen LogP contribution in [0.2, 0.25) is 0 Å². The van der Waals surface area contributed by atoms with E-state index in [-0.39, 0.29) is 11.3 Å². The third-order valence-electron chi connectivity index (χ3n) is 2.26. The van der Waals surface area contributed by atoms with E-state index in [2.05, 4.69) is 5.32 Å². The van der Waals surface area contributed by atoms with Crippen LogP contribution in [0, 0.1) is 10.1 Å². The van der Waals surface area contributed by atoms with Crippen LogP contribution < -0.4 is 11.1 Å². The van der Waals surface area contributed by atoms with Gasteiger partial charge in [0.25, 0.3) is 5.69 Å². The first kappa shape index (κ1) is 13.4. The van der Waals surface area contributed by atoms with Crippen molar-refractivity contribution >= 4 is 23.3 Å². The number of carboxylic acid groups (broad SMARTS) is 1. The molecule has 1 rings (SSSR count). The highest BCUT2D eigenvalue weighted by atomic mass is 16.6. The van der Waals surface area contributed by atoms with Crippen molar-refractivity contribution in [3.8, 4) is 0 Å². The van der Waals surface area contributed by atoms with Crippen molar-refractivity contribution in [2.24, 2.45) is 5.73 Å². The van der Waals surface area contributed by atoms with E-state index in [0.29, 0.717) is 0 Å². The number of anilines is 1. The first-order chi connectivity index (χ1) is 8.34. The molecule has 1 unspecified atom stereocenters. The highest BCUT2D eigenvalue weighted by molar-refractivity contribution is 5.98. The lowest BCUT2D eigenvalue weighted by atomic mass is 10.1. The summed E-state index contributed by atoms with van der Waals surface area (Å²) in [6.45, 7) is 1.38. The summed E-state index contributed by atoms with van der Waals surface area (Å²) in [5.74, 6) is -2.08. The van der Waals surface area contributed by atoms with Crippen molar-refractivity contribution in [2.75, 3.05) is 5.32 Å². The van der Waals surface area contributed by atoms with Gasteiger partial charge in [0.05, 0.1) is 10.5 Å². The van der Waals surface area contributed by atoms with E-state index in [1.54, 1.807) is 0 Å². The molecule has 0 saturated carbocycles. The average molecular weight is 253 g/mol. The molecule has 0 aromatic heterocycles. The van der Waals surface area contributed by atoms with Gasteiger partial charge in [0.15, 0.2) is 0 Å². The predicted molar refractivity (Wildman–Crippen MR) is 62.3 cm³/mol. The number of carbonyl (C=O) groups is 2. The highest BCUT2D eigenvalue weighted by Crippen LogP contribution is 2.28. The molecule has 18 heavy (non-hydrogen) atoms. The zero-order valence-electron chi connectivity index (χ0n) is 9.41.